The summed E-state index contributed by atoms with van der Waals surface area (Å²) < 4.78 is 21.6. The molecule has 192 valence electrons. The molecule has 1 unspecified atom stereocenters. The number of benzene rings is 1. The van der Waals surface area contributed by atoms with Crippen LogP contribution in [0.15, 0.2) is 21.8 Å². The van der Waals surface area contributed by atoms with E-state index in [-0.39, 0.29) is 42.2 Å². The van der Waals surface area contributed by atoms with Gasteiger partial charge in [0.2, 0.25) is 5.91 Å². The molecular weight excluding hydrogens is 499 g/mol. The Labute approximate surface area is 215 Å². The van der Waals surface area contributed by atoms with Crippen LogP contribution in [-0.2, 0) is 33.1 Å². The fraction of sp³-hybridized carbons (Fsp3) is 0.385. The Morgan fingerprint density at radius 1 is 1.41 bits per heavy atom. The molecule has 0 spiro atoms. The predicted molar refractivity (Wildman–Crippen MR) is 134 cm³/mol. The molecule has 6 rings (SSSR count). The molecule has 4 N–H and O–H groups in total. The van der Waals surface area contributed by atoms with E-state index in [2.05, 4.69) is 5.32 Å². The van der Waals surface area contributed by atoms with Crippen LogP contribution in [0.1, 0.15) is 54.1 Å². The van der Waals surface area contributed by atoms with Crippen LogP contribution in [0, 0.1) is 12.7 Å². The average molecular weight is 525 g/mol. The molecule has 5 heterocycles. The number of nitrogens with zero attached hydrogens (tertiary/aromatic N) is 2. The maximum absolute atomic E-state index is 14.9. The number of cyclic esters (lactones) is 1. The van der Waals surface area contributed by atoms with Crippen molar-refractivity contribution in [2.24, 2.45) is 5.73 Å². The van der Waals surface area contributed by atoms with E-state index in [0.29, 0.717) is 28.2 Å². The van der Waals surface area contributed by atoms with E-state index < -0.39 is 29.5 Å². The first kappa shape index (κ1) is 24.1. The molecule has 37 heavy (non-hydrogen) atoms. The summed E-state index contributed by atoms with van der Waals surface area (Å²) in [6, 6.07) is 1.84. The van der Waals surface area contributed by atoms with E-state index in [1.54, 1.807) is 26.8 Å². The largest absolute Gasteiger partial charge is 0.458 e. The Morgan fingerprint density at radius 2 is 2.16 bits per heavy atom. The molecule has 0 aliphatic carbocycles. The lowest BCUT2D eigenvalue weighted by atomic mass is 9.86. The molecule has 1 aromatic carbocycles. The Bertz CT molecular complexity index is 1620. The third-order valence-corrected chi connectivity index (χ3v) is 8.93. The second-order valence-corrected chi connectivity index (χ2v) is 10.9. The van der Waals surface area contributed by atoms with Crippen LogP contribution >= 0.6 is 11.8 Å². The molecule has 3 aromatic rings. The number of esters is 1. The number of aromatic nitrogens is 2. The number of nitrogens with one attached hydrogen (secondary N) is 1. The van der Waals surface area contributed by atoms with Crippen LogP contribution in [0.3, 0.4) is 0 Å². The Kier molecular flexibility index (Phi) is 5.28. The highest BCUT2D eigenvalue weighted by Gasteiger charge is 2.46. The van der Waals surface area contributed by atoms with Gasteiger partial charge >= 0.3 is 5.97 Å². The minimum absolute atomic E-state index is 0.0292. The lowest BCUT2D eigenvalue weighted by Crippen LogP contribution is -2.44. The number of amides is 1. The maximum atomic E-state index is 14.9. The minimum Gasteiger partial charge on any atom is -0.458 e. The number of halogens is 1. The van der Waals surface area contributed by atoms with Gasteiger partial charge in [0.1, 0.15) is 12.4 Å². The lowest BCUT2D eigenvalue weighted by Gasteiger charge is -2.31. The van der Waals surface area contributed by atoms with Gasteiger partial charge in [-0.15, -0.1) is 11.8 Å². The van der Waals surface area contributed by atoms with Gasteiger partial charge < -0.3 is 25.5 Å². The highest BCUT2D eigenvalue weighted by atomic mass is 32.2. The Morgan fingerprint density at radius 3 is 2.86 bits per heavy atom. The molecule has 3 atom stereocenters. The van der Waals surface area contributed by atoms with Crippen molar-refractivity contribution in [1.29, 1.82) is 0 Å². The summed E-state index contributed by atoms with van der Waals surface area (Å²) >= 11 is 1.45. The summed E-state index contributed by atoms with van der Waals surface area (Å²) in [5, 5.41) is 14.9. The molecule has 3 aliphatic heterocycles. The summed E-state index contributed by atoms with van der Waals surface area (Å²) in [6.45, 7) is 4.90. The first-order valence-electron chi connectivity index (χ1n) is 12.1. The van der Waals surface area contributed by atoms with Crippen LogP contribution in [-0.4, -0.2) is 38.3 Å². The third-order valence-electron chi connectivity index (χ3n) is 7.63. The molecule has 9 nitrogen and oxygen atoms in total. The van der Waals surface area contributed by atoms with Crippen LogP contribution in [0.4, 0.5) is 4.39 Å². The topological polar surface area (TPSA) is 137 Å². The average Bonchev–Trinajstić information content (AvgIpc) is 3.24. The third kappa shape index (κ3) is 3.23. The lowest BCUT2D eigenvalue weighted by molar-refractivity contribution is -0.172. The van der Waals surface area contributed by atoms with E-state index in [1.165, 1.54) is 22.4 Å². The van der Waals surface area contributed by atoms with Crippen molar-refractivity contribution in [1.82, 2.24) is 14.9 Å². The number of hydrogen-bond donors (Lipinski definition) is 3. The van der Waals surface area contributed by atoms with Crippen LogP contribution < -0.4 is 16.6 Å². The van der Waals surface area contributed by atoms with Gasteiger partial charge in [0.15, 0.2) is 5.60 Å². The number of carbonyl (C=O) groups excluding carboxylic acids is 2. The number of thioether (sulfide) groups is 1. The Hall–Kier alpha value is -3.28. The van der Waals surface area contributed by atoms with Crippen molar-refractivity contribution in [3.8, 4) is 11.4 Å². The van der Waals surface area contributed by atoms with Gasteiger partial charge in [-0.2, -0.15) is 0 Å². The molecule has 1 amide bonds. The molecule has 0 saturated heterocycles. The Balaban J connectivity index is 1.65. The quantitative estimate of drug-likeness (QED) is 0.347. The molecule has 0 saturated carbocycles. The normalized spacial score (nSPS) is 22.2. The molecule has 3 aliphatic rings. The second kappa shape index (κ2) is 8.11. The standard InChI is InChI=1S/C26H25FN4O5S/c1-4-26(35)14-5-18-21-12(7-31(18)24(33)13(14)8-36-25(26)34)19-17(30-23(32)11(3)28)9-37-22-10(2)15(27)6-16(29-21)20(19)22/h5-6,11,17,35H,4,7-9,28H2,1-3H3,(H,30,32)/t11?,17-,26-/m0/s1. The van der Waals surface area contributed by atoms with E-state index in [0.717, 1.165) is 21.4 Å². The molecule has 11 heteroatoms. The fourth-order valence-electron chi connectivity index (χ4n) is 5.54. The van der Waals surface area contributed by atoms with Gasteiger partial charge in [-0.3, -0.25) is 9.59 Å². The maximum Gasteiger partial charge on any atom is 0.343 e. The number of ether oxygens (including phenoxy) is 1. The van der Waals surface area contributed by atoms with Crippen molar-refractivity contribution < 1.29 is 23.8 Å². The summed E-state index contributed by atoms with van der Waals surface area (Å²) in [4.78, 5) is 44.2. The molecule has 0 radical (unpaired) electrons. The summed E-state index contributed by atoms with van der Waals surface area (Å²) in [5.74, 6) is -1.06. The van der Waals surface area contributed by atoms with Crippen molar-refractivity contribution in [2.45, 2.75) is 62.9 Å². The van der Waals surface area contributed by atoms with Gasteiger partial charge in [-0.1, -0.05) is 6.92 Å². The summed E-state index contributed by atoms with van der Waals surface area (Å²) in [6.07, 6.45) is 0.0292. The zero-order valence-corrected chi connectivity index (χ0v) is 21.3. The van der Waals surface area contributed by atoms with Crippen LogP contribution in [0.2, 0.25) is 0 Å². The first-order valence-corrected chi connectivity index (χ1v) is 13.1. The SMILES string of the molecule is CC[C@@]1(O)C(=O)OCc2c1cc1n(c2=O)Cc2c-1nc1cc(F)c(C)c3c1c2[C@@H](NC(=O)C(C)N)CS3. The number of hydrogen-bond acceptors (Lipinski definition) is 8. The van der Waals surface area contributed by atoms with E-state index in [4.69, 9.17) is 15.5 Å². The number of carbonyl (C=O) groups is 2. The first-order chi connectivity index (χ1) is 17.6. The van der Waals surface area contributed by atoms with Gasteiger partial charge in [-0.25, -0.2) is 14.2 Å². The minimum atomic E-state index is -1.95. The smallest absolute Gasteiger partial charge is 0.343 e. The number of aliphatic hydroxyl groups is 1. The van der Waals surface area contributed by atoms with E-state index in [9.17, 15) is 23.9 Å². The predicted octanol–water partition coefficient (Wildman–Crippen LogP) is 2.14. The van der Waals surface area contributed by atoms with Gasteiger partial charge in [0, 0.05) is 33.2 Å². The monoisotopic (exact) mass is 524 g/mol. The molecule has 0 fully saturated rings. The highest BCUT2D eigenvalue weighted by Crippen LogP contribution is 2.48. The van der Waals surface area contributed by atoms with Crippen molar-refractivity contribution in [2.75, 3.05) is 5.75 Å². The van der Waals surface area contributed by atoms with Crippen LogP contribution in [0.5, 0.6) is 0 Å². The number of nitrogens with two attached hydrogens (primary N) is 1. The summed E-state index contributed by atoms with van der Waals surface area (Å²) in [7, 11) is 0. The number of pyridine rings is 2. The number of rotatable bonds is 3. The van der Waals surface area contributed by atoms with Gasteiger partial charge in [0.25, 0.3) is 5.56 Å². The molecule has 0 bridgehead atoms. The zero-order chi connectivity index (χ0) is 26.4. The zero-order valence-electron chi connectivity index (χ0n) is 20.5. The molecular formula is C26H25FN4O5S. The van der Waals surface area contributed by atoms with Crippen molar-refractivity contribution >= 4 is 34.5 Å². The molecule has 2 aromatic heterocycles. The van der Waals surface area contributed by atoms with Crippen molar-refractivity contribution in [3.05, 3.63) is 56.1 Å². The fourth-order valence-corrected chi connectivity index (χ4v) is 6.80. The van der Waals surface area contributed by atoms with Crippen LogP contribution in [0.25, 0.3) is 22.3 Å². The summed E-state index contributed by atoms with van der Waals surface area (Å²) in [5.41, 5.74) is 7.23. The second-order valence-electron chi connectivity index (χ2n) is 9.82. The van der Waals surface area contributed by atoms with E-state index in [1.807, 2.05) is 0 Å². The van der Waals surface area contributed by atoms with E-state index >= 15 is 0 Å². The number of fused-ring (bicyclic) bond motifs is 5. The highest BCUT2D eigenvalue weighted by molar-refractivity contribution is 7.99. The van der Waals surface area contributed by atoms with Gasteiger partial charge in [0.05, 0.1) is 41.1 Å². The van der Waals surface area contributed by atoms with Gasteiger partial charge in [-0.05, 0) is 37.5 Å². The van der Waals surface area contributed by atoms with Crippen molar-refractivity contribution in [3.63, 3.8) is 0 Å².